The van der Waals surface area contributed by atoms with Crippen LogP contribution in [-0.2, 0) is 0 Å². The van der Waals surface area contributed by atoms with E-state index in [-0.39, 0.29) is 12.6 Å². The summed E-state index contributed by atoms with van der Waals surface area (Å²) >= 11 is 0. The van der Waals surface area contributed by atoms with E-state index in [4.69, 9.17) is 5.11 Å². The van der Waals surface area contributed by atoms with Gasteiger partial charge in [0.1, 0.15) is 11.7 Å². The SMILES string of the molecule is C/C=C/C1=NC2C=CC=CC2=C(N(C)CCO)N1. The van der Waals surface area contributed by atoms with Crippen LogP contribution in [0.25, 0.3) is 0 Å². The van der Waals surface area contributed by atoms with Crippen molar-refractivity contribution in [3.8, 4) is 0 Å². The fourth-order valence-electron chi connectivity index (χ4n) is 2.06. The van der Waals surface area contributed by atoms with Crippen LogP contribution in [0.5, 0.6) is 0 Å². The van der Waals surface area contributed by atoms with Gasteiger partial charge in [-0.1, -0.05) is 30.4 Å². The van der Waals surface area contributed by atoms with E-state index in [0.717, 1.165) is 17.2 Å². The standard InChI is InChI=1S/C14H19N3O/c1-3-6-13-15-12-8-5-4-7-11(12)14(16-13)17(2)9-10-18/h3-8,12,18H,9-10H2,1-2H3,(H,15,16)/b6-3+. The molecule has 0 saturated heterocycles. The molecule has 0 radical (unpaired) electrons. The van der Waals surface area contributed by atoms with E-state index in [1.165, 1.54) is 0 Å². The number of likely N-dealkylation sites (N-methyl/N-ethyl adjacent to an activating group) is 1. The molecule has 2 N–H and O–H groups in total. The zero-order valence-corrected chi connectivity index (χ0v) is 10.8. The number of aliphatic imine (C=N–C) groups is 1. The van der Waals surface area contributed by atoms with Gasteiger partial charge < -0.3 is 15.3 Å². The van der Waals surface area contributed by atoms with Crippen LogP contribution in [0.15, 0.2) is 52.8 Å². The lowest BCUT2D eigenvalue weighted by molar-refractivity contribution is 0.241. The Labute approximate surface area is 108 Å². The van der Waals surface area contributed by atoms with E-state index in [9.17, 15) is 0 Å². The summed E-state index contributed by atoms with van der Waals surface area (Å²) in [5.74, 6) is 1.86. The lowest BCUT2D eigenvalue weighted by Gasteiger charge is -2.31. The van der Waals surface area contributed by atoms with Crippen molar-refractivity contribution in [3.63, 3.8) is 0 Å². The van der Waals surface area contributed by atoms with E-state index in [2.05, 4.69) is 22.5 Å². The highest BCUT2D eigenvalue weighted by molar-refractivity contribution is 5.95. The normalized spacial score (nSPS) is 21.9. The van der Waals surface area contributed by atoms with Crippen molar-refractivity contribution in [1.82, 2.24) is 10.2 Å². The van der Waals surface area contributed by atoms with Gasteiger partial charge in [0.2, 0.25) is 0 Å². The van der Waals surface area contributed by atoms with E-state index in [0.29, 0.717) is 6.54 Å². The van der Waals surface area contributed by atoms with Gasteiger partial charge in [-0.3, -0.25) is 4.99 Å². The van der Waals surface area contributed by atoms with Gasteiger partial charge in [0.15, 0.2) is 0 Å². The Kier molecular flexibility index (Phi) is 3.99. The first-order chi connectivity index (χ1) is 8.76. The van der Waals surface area contributed by atoms with Gasteiger partial charge in [0, 0.05) is 19.2 Å². The number of amidine groups is 1. The van der Waals surface area contributed by atoms with Crippen LogP contribution in [0.1, 0.15) is 6.92 Å². The molecule has 2 aliphatic rings. The number of nitrogens with zero attached hydrogens (tertiary/aromatic N) is 2. The first-order valence-corrected chi connectivity index (χ1v) is 6.15. The molecule has 0 aromatic carbocycles. The number of hydrogen-bond acceptors (Lipinski definition) is 4. The molecule has 0 amide bonds. The fraction of sp³-hybridized carbons (Fsp3) is 0.357. The maximum atomic E-state index is 9.06. The summed E-state index contributed by atoms with van der Waals surface area (Å²) in [7, 11) is 1.97. The van der Waals surface area contributed by atoms with Crippen LogP contribution in [0, 0.1) is 0 Å². The van der Waals surface area contributed by atoms with Crippen molar-refractivity contribution < 1.29 is 5.11 Å². The average molecular weight is 245 g/mol. The summed E-state index contributed by atoms with van der Waals surface area (Å²) < 4.78 is 0. The molecule has 0 aromatic rings. The van der Waals surface area contributed by atoms with Crippen LogP contribution < -0.4 is 5.32 Å². The Morgan fingerprint density at radius 3 is 3.06 bits per heavy atom. The third kappa shape index (κ3) is 2.54. The van der Waals surface area contributed by atoms with E-state index >= 15 is 0 Å². The summed E-state index contributed by atoms with van der Waals surface area (Å²) in [6.07, 6.45) is 12.1. The predicted molar refractivity (Wildman–Crippen MR) is 74.2 cm³/mol. The summed E-state index contributed by atoms with van der Waals surface area (Å²) in [4.78, 5) is 6.64. The zero-order valence-electron chi connectivity index (χ0n) is 10.8. The minimum absolute atomic E-state index is 0.0681. The van der Waals surface area contributed by atoms with Gasteiger partial charge in [-0.2, -0.15) is 0 Å². The zero-order chi connectivity index (χ0) is 13.0. The molecule has 2 rings (SSSR count). The van der Waals surface area contributed by atoms with Gasteiger partial charge in [0.05, 0.1) is 12.6 Å². The summed E-state index contributed by atoms with van der Waals surface area (Å²) in [6, 6.07) is 0.0681. The molecule has 0 aromatic heterocycles. The van der Waals surface area contributed by atoms with Crippen molar-refractivity contribution in [3.05, 3.63) is 47.9 Å². The third-order valence-corrected chi connectivity index (χ3v) is 2.94. The minimum atomic E-state index is 0.0681. The molecule has 0 saturated carbocycles. The number of nitrogens with one attached hydrogen (secondary N) is 1. The van der Waals surface area contributed by atoms with Crippen molar-refractivity contribution in [2.75, 3.05) is 20.2 Å². The monoisotopic (exact) mass is 245 g/mol. The largest absolute Gasteiger partial charge is 0.395 e. The Morgan fingerprint density at radius 1 is 1.50 bits per heavy atom. The highest BCUT2D eigenvalue weighted by atomic mass is 16.3. The Morgan fingerprint density at radius 2 is 2.33 bits per heavy atom. The van der Waals surface area contributed by atoms with Gasteiger partial charge in [-0.15, -0.1) is 0 Å². The first kappa shape index (κ1) is 12.6. The van der Waals surface area contributed by atoms with E-state index < -0.39 is 0 Å². The van der Waals surface area contributed by atoms with E-state index in [1.807, 2.05) is 43.2 Å². The number of rotatable bonds is 4. The Balaban J connectivity index is 2.31. The van der Waals surface area contributed by atoms with Gasteiger partial charge >= 0.3 is 0 Å². The highest BCUT2D eigenvalue weighted by Gasteiger charge is 2.23. The predicted octanol–water partition coefficient (Wildman–Crippen LogP) is 1.19. The van der Waals surface area contributed by atoms with Crippen LogP contribution in [0.3, 0.4) is 0 Å². The van der Waals surface area contributed by atoms with Gasteiger partial charge in [-0.05, 0) is 13.0 Å². The molecule has 4 heteroatoms. The molecule has 4 nitrogen and oxygen atoms in total. The summed E-state index contributed by atoms with van der Waals surface area (Å²) in [5, 5.41) is 12.4. The molecule has 96 valence electrons. The van der Waals surface area contributed by atoms with Crippen LogP contribution in [-0.4, -0.2) is 42.1 Å². The molecule has 1 atom stereocenters. The second-order valence-electron chi connectivity index (χ2n) is 4.28. The second kappa shape index (κ2) is 5.69. The van der Waals surface area contributed by atoms with Crippen molar-refractivity contribution in [2.45, 2.75) is 13.0 Å². The minimum Gasteiger partial charge on any atom is -0.395 e. The molecular formula is C14H19N3O. The van der Waals surface area contributed by atoms with Crippen LogP contribution >= 0.6 is 0 Å². The Bertz CT molecular complexity index is 458. The van der Waals surface area contributed by atoms with Crippen molar-refractivity contribution >= 4 is 5.84 Å². The van der Waals surface area contributed by atoms with Gasteiger partial charge in [-0.25, -0.2) is 0 Å². The topological polar surface area (TPSA) is 47.9 Å². The van der Waals surface area contributed by atoms with E-state index in [1.54, 1.807) is 0 Å². The fourth-order valence-corrected chi connectivity index (χ4v) is 2.06. The summed E-state index contributed by atoms with van der Waals surface area (Å²) in [5.41, 5.74) is 1.14. The highest BCUT2D eigenvalue weighted by Crippen LogP contribution is 2.23. The third-order valence-electron chi connectivity index (χ3n) is 2.94. The molecule has 1 heterocycles. The number of hydrogen-bond donors (Lipinski definition) is 2. The maximum Gasteiger partial charge on any atom is 0.127 e. The molecule has 0 spiro atoms. The first-order valence-electron chi connectivity index (χ1n) is 6.15. The lowest BCUT2D eigenvalue weighted by atomic mass is 10.0. The lowest BCUT2D eigenvalue weighted by Crippen LogP contribution is -2.40. The van der Waals surface area contributed by atoms with Crippen molar-refractivity contribution in [1.29, 1.82) is 0 Å². The maximum absolute atomic E-state index is 9.06. The molecule has 18 heavy (non-hydrogen) atoms. The quantitative estimate of drug-likeness (QED) is 0.782. The van der Waals surface area contributed by atoms with Crippen LogP contribution in [0.4, 0.5) is 0 Å². The van der Waals surface area contributed by atoms with Crippen molar-refractivity contribution in [2.24, 2.45) is 4.99 Å². The molecule has 1 unspecified atom stereocenters. The average Bonchev–Trinajstić information content (AvgIpc) is 2.38. The molecule has 1 aliphatic heterocycles. The number of allylic oxidation sites excluding steroid dienone is 3. The number of aliphatic hydroxyl groups is 1. The second-order valence-corrected chi connectivity index (χ2v) is 4.28. The number of aliphatic hydroxyl groups excluding tert-OH is 1. The van der Waals surface area contributed by atoms with Gasteiger partial charge in [0.25, 0.3) is 0 Å². The smallest absolute Gasteiger partial charge is 0.127 e. The molecule has 0 fully saturated rings. The molecule has 1 aliphatic carbocycles. The molecular weight excluding hydrogens is 226 g/mol. The Hall–Kier alpha value is -1.81. The summed E-state index contributed by atoms with van der Waals surface area (Å²) in [6.45, 7) is 2.70. The molecule has 0 bridgehead atoms. The van der Waals surface area contributed by atoms with Crippen LogP contribution in [0.2, 0.25) is 0 Å². The number of fused-ring (bicyclic) bond motifs is 1.